The van der Waals surface area contributed by atoms with Crippen LogP contribution in [0.4, 0.5) is 14.4 Å². The van der Waals surface area contributed by atoms with Crippen molar-refractivity contribution >= 4 is 41.8 Å². The molecule has 4 atom stereocenters. The Morgan fingerprint density at radius 3 is 2.25 bits per heavy atom. The van der Waals surface area contributed by atoms with Gasteiger partial charge in [-0.2, -0.15) is 11.8 Å². The lowest BCUT2D eigenvalue weighted by Gasteiger charge is -2.18. The van der Waals surface area contributed by atoms with E-state index in [1.54, 1.807) is 0 Å². The molecule has 0 aliphatic carbocycles. The Kier molecular flexibility index (Phi) is 16.0. The zero-order valence-corrected chi connectivity index (χ0v) is 24.5. The van der Waals surface area contributed by atoms with Crippen LogP contribution in [0.5, 0.6) is 0 Å². The first kappa shape index (κ1) is 33.3. The van der Waals surface area contributed by atoms with E-state index in [4.69, 9.17) is 0 Å². The van der Waals surface area contributed by atoms with E-state index in [1.165, 1.54) is 14.2 Å². The molecule has 6 amide bonds. The summed E-state index contributed by atoms with van der Waals surface area (Å²) in [4.78, 5) is 58.8. The van der Waals surface area contributed by atoms with Gasteiger partial charge in [0.1, 0.15) is 6.04 Å². The minimum atomic E-state index is -0.713. The van der Waals surface area contributed by atoms with Crippen LogP contribution in [0.2, 0.25) is 0 Å². The first-order valence-corrected chi connectivity index (χ1v) is 15.3. The maximum atomic E-state index is 12.5. The fourth-order valence-electron chi connectivity index (χ4n) is 4.73. The Morgan fingerprint density at radius 1 is 0.850 bits per heavy atom. The molecule has 0 aromatic carbocycles. The Morgan fingerprint density at radius 2 is 1.52 bits per heavy atom. The van der Waals surface area contributed by atoms with Crippen LogP contribution in [0.1, 0.15) is 70.6 Å². The van der Waals surface area contributed by atoms with Gasteiger partial charge in [-0.3, -0.25) is 9.59 Å². The zero-order chi connectivity index (χ0) is 29.2. The van der Waals surface area contributed by atoms with Crippen LogP contribution in [-0.4, -0.2) is 93.0 Å². The number of amides is 6. The van der Waals surface area contributed by atoms with Gasteiger partial charge in [0.05, 0.1) is 26.3 Å². The first-order chi connectivity index (χ1) is 19.3. The molecule has 13 nitrogen and oxygen atoms in total. The van der Waals surface area contributed by atoms with Gasteiger partial charge in [-0.1, -0.05) is 19.3 Å². The summed E-state index contributed by atoms with van der Waals surface area (Å²) in [7, 11) is 2.54. The predicted molar refractivity (Wildman–Crippen MR) is 152 cm³/mol. The molecule has 2 heterocycles. The maximum Gasteiger partial charge on any atom is 0.407 e. The normalized spacial score (nSPS) is 19.9. The van der Waals surface area contributed by atoms with Crippen molar-refractivity contribution in [2.45, 2.75) is 94.0 Å². The van der Waals surface area contributed by atoms with Gasteiger partial charge in [0.15, 0.2) is 0 Å². The number of carbonyl (C=O) groups is 5. The van der Waals surface area contributed by atoms with Crippen LogP contribution in [0.15, 0.2) is 0 Å². The summed E-state index contributed by atoms with van der Waals surface area (Å²) >= 11 is 1.89. The molecule has 2 saturated heterocycles. The number of nitrogens with one attached hydrogen (secondary N) is 6. The fraction of sp³-hybridized carbons (Fsp3) is 0.808. The molecule has 2 aliphatic heterocycles. The van der Waals surface area contributed by atoms with Gasteiger partial charge in [0.2, 0.25) is 11.8 Å². The number of ether oxygens (including phenoxy) is 2. The van der Waals surface area contributed by atoms with Crippen molar-refractivity contribution in [2.24, 2.45) is 0 Å². The van der Waals surface area contributed by atoms with Crippen molar-refractivity contribution < 1.29 is 33.4 Å². The second-order valence-electron chi connectivity index (χ2n) is 10.0. The van der Waals surface area contributed by atoms with Crippen molar-refractivity contribution in [1.29, 1.82) is 0 Å². The second-order valence-corrected chi connectivity index (χ2v) is 11.3. The quantitative estimate of drug-likeness (QED) is 0.0980. The van der Waals surface area contributed by atoms with Gasteiger partial charge >= 0.3 is 18.2 Å². The summed E-state index contributed by atoms with van der Waals surface area (Å²) in [6.45, 7) is 1.55. The lowest BCUT2D eigenvalue weighted by molar-refractivity contribution is -0.123. The van der Waals surface area contributed by atoms with Gasteiger partial charge in [0.25, 0.3) is 0 Å². The molecule has 2 rings (SSSR count). The third-order valence-electron chi connectivity index (χ3n) is 6.97. The molecule has 40 heavy (non-hydrogen) atoms. The minimum absolute atomic E-state index is 0.0686. The topological polar surface area (TPSA) is 176 Å². The molecule has 14 heteroatoms. The molecule has 0 saturated carbocycles. The number of thioether (sulfide) groups is 1. The molecule has 0 spiro atoms. The molecule has 2 aliphatic rings. The lowest BCUT2D eigenvalue weighted by atomic mass is 10.0. The monoisotopic (exact) mass is 586 g/mol. The SMILES string of the molecule is COC(=O)NCCCCC(NC(=O)OC)C(=O)NCCCCCCNC(=O)CCCCC1SCC2NC(=O)NC21. The van der Waals surface area contributed by atoms with Crippen molar-refractivity contribution in [3.63, 3.8) is 0 Å². The third kappa shape index (κ3) is 13.0. The van der Waals surface area contributed by atoms with Crippen molar-refractivity contribution in [2.75, 3.05) is 39.6 Å². The number of hydrogen-bond acceptors (Lipinski definition) is 8. The number of rotatable bonds is 19. The molecule has 0 bridgehead atoms. The van der Waals surface area contributed by atoms with Gasteiger partial charge < -0.3 is 41.4 Å². The summed E-state index contributed by atoms with van der Waals surface area (Å²) < 4.78 is 9.12. The van der Waals surface area contributed by atoms with E-state index in [2.05, 4.69) is 41.4 Å². The van der Waals surface area contributed by atoms with E-state index < -0.39 is 18.2 Å². The molecule has 0 aromatic rings. The van der Waals surface area contributed by atoms with E-state index in [0.29, 0.717) is 50.6 Å². The van der Waals surface area contributed by atoms with Crippen molar-refractivity contribution in [3.8, 4) is 0 Å². The first-order valence-electron chi connectivity index (χ1n) is 14.2. The van der Waals surface area contributed by atoms with Crippen LogP contribution in [0.3, 0.4) is 0 Å². The number of urea groups is 1. The standard InChI is InChI=1S/C26H46N6O7S/c1-38-25(36)29-16-10-7-11-18(31-26(37)39-2)23(34)28-15-9-4-3-8-14-27-21(33)13-6-5-12-20-22-19(17-40-20)30-24(35)32-22/h18-20,22H,3-17H2,1-2H3,(H,27,33)(H,28,34)(H,29,36)(H,31,37)(H2,30,32,35). The summed E-state index contributed by atoms with van der Waals surface area (Å²) in [5.41, 5.74) is 0. The smallest absolute Gasteiger partial charge is 0.407 e. The van der Waals surface area contributed by atoms with Crippen LogP contribution in [0, 0.1) is 0 Å². The number of hydrogen-bond donors (Lipinski definition) is 6. The molecule has 6 N–H and O–H groups in total. The highest BCUT2D eigenvalue weighted by Gasteiger charge is 2.42. The maximum absolute atomic E-state index is 12.5. The van der Waals surface area contributed by atoms with Gasteiger partial charge in [-0.15, -0.1) is 0 Å². The average molecular weight is 587 g/mol. The molecule has 0 aromatic heterocycles. The molecular weight excluding hydrogens is 540 g/mol. The fourth-order valence-corrected chi connectivity index (χ4v) is 6.28. The van der Waals surface area contributed by atoms with Crippen LogP contribution in [-0.2, 0) is 19.1 Å². The Balaban J connectivity index is 1.46. The van der Waals surface area contributed by atoms with E-state index in [-0.39, 0.29) is 29.9 Å². The lowest BCUT2D eigenvalue weighted by Crippen LogP contribution is -2.47. The average Bonchev–Trinajstić information content (AvgIpc) is 3.50. The Hall–Kier alpha value is -2.90. The van der Waals surface area contributed by atoms with Gasteiger partial charge in [-0.05, 0) is 44.9 Å². The van der Waals surface area contributed by atoms with Crippen LogP contribution in [0.25, 0.3) is 0 Å². The Labute approximate surface area is 240 Å². The largest absolute Gasteiger partial charge is 0.453 e. The molecule has 0 radical (unpaired) electrons. The highest BCUT2D eigenvalue weighted by molar-refractivity contribution is 8.00. The van der Waals surface area contributed by atoms with E-state index in [0.717, 1.165) is 50.7 Å². The second kappa shape index (κ2) is 19.2. The molecular formula is C26H46N6O7S. The summed E-state index contributed by atoms with van der Waals surface area (Å²) in [6, 6.07) is -0.330. The number of alkyl carbamates (subject to hydrolysis) is 2. The van der Waals surface area contributed by atoms with E-state index >= 15 is 0 Å². The minimum Gasteiger partial charge on any atom is -0.453 e. The summed E-state index contributed by atoms with van der Waals surface area (Å²) in [6.07, 6.45) is 7.36. The number of methoxy groups -OCH3 is 2. The van der Waals surface area contributed by atoms with Gasteiger partial charge in [-0.25, -0.2) is 14.4 Å². The van der Waals surface area contributed by atoms with Crippen LogP contribution < -0.4 is 31.9 Å². The van der Waals surface area contributed by atoms with Crippen LogP contribution >= 0.6 is 11.8 Å². The predicted octanol–water partition coefficient (Wildman–Crippen LogP) is 1.76. The highest BCUT2D eigenvalue weighted by atomic mass is 32.2. The number of unbranched alkanes of at least 4 members (excludes halogenated alkanes) is 5. The summed E-state index contributed by atoms with van der Waals surface area (Å²) in [5, 5.41) is 17.3. The zero-order valence-electron chi connectivity index (χ0n) is 23.7. The highest BCUT2D eigenvalue weighted by Crippen LogP contribution is 2.33. The van der Waals surface area contributed by atoms with Crippen molar-refractivity contribution in [3.05, 3.63) is 0 Å². The number of carbonyl (C=O) groups excluding carboxylic acids is 5. The third-order valence-corrected chi connectivity index (χ3v) is 8.48. The van der Waals surface area contributed by atoms with Crippen molar-refractivity contribution in [1.82, 2.24) is 31.9 Å². The Bertz CT molecular complexity index is 833. The molecule has 2 fully saturated rings. The van der Waals surface area contributed by atoms with E-state index in [1.807, 2.05) is 11.8 Å². The molecule has 4 unspecified atom stereocenters. The van der Waals surface area contributed by atoms with Gasteiger partial charge in [0, 0.05) is 37.1 Å². The summed E-state index contributed by atoms with van der Waals surface area (Å²) in [5.74, 6) is 0.757. The molecule has 228 valence electrons. The van der Waals surface area contributed by atoms with E-state index in [9.17, 15) is 24.0 Å². The number of fused-ring (bicyclic) bond motifs is 1.